The van der Waals surface area contributed by atoms with Crippen molar-refractivity contribution in [1.29, 1.82) is 0 Å². The van der Waals surface area contributed by atoms with Crippen LogP contribution in [0.2, 0.25) is 0 Å². The van der Waals surface area contributed by atoms with Crippen LogP contribution in [-0.4, -0.2) is 43.7 Å². The molecular weight excluding hydrogens is 500 g/mol. The Morgan fingerprint density at radius 2 is 1.30 bits per heavy atom. The Morgan fingerprint density at radius 3 is 1.82 bits per heavy atom. The first-order chi connectivity index (χ1) is 15.7. The first kappa shape index (κ1) is 23.0. The first-order valence-corrected chi connectivity index (χ1v) is 11.8. The molecular formula is C25H17F3O4Se. The van der Waals surface area contributed by atoms with E-state index in [0.717, 1.165) is 0 Å². The van der Waals surface area contributed by atoms with E-state index in [2.05, 4.69) is 0 Å². The van der Waals surface area contributed by atoms with Gasteiger partial charge < -0.3 is 0 Å². The van der Waals surface area contributed by atoms with E-state index >= 15 is 0 Å². The van der Waals surface area contributed by atoms with Crippen LogP contribution in [0, 0.1) is 0 Å². The van der Waals surface area contributed by atoms with Crippen molar-refractivity contribution >= 4 is 37.0 Å². The van der Waals surface area contributed by atoms with Gasteiger partial charge in [-0.15, -0.1) is 0 Å². The third-order valence-corrected chi connectivity index (χ3v) is 7.66. The SMILES string of the molecule is O=C(OC(CC1(c2ccccc2)C(=O)c2ccccc2C1=O)[Se]c1ccccc1)C(F)(F)F. The molecule has 1 aliphatic rings. The number of carbonyl (C=O) groups is 3. The van der Waals surface area contributed by atoms with Crippen LogP contribution < -0.4 is 4.46 Å². The summed E-state index contributed by atoms with van der Waals surface area (Å²) in [5, 5.41) is -1.31. The van der Waals surface area contributed by atoms with Crippen LogP contribution in [0.4, 0.5) is 13.2 Å². The quantitative estimate of drug-likeness (QED) is 0.283. The summed E-state index contributed by atoms with van der Waals surface area (Å²) in [5.74, 6) is -3.36. The van der Waals surface area contributed by atoms with Gasteiger partial charge in [-0.3, -0.25) is 0 Å². The molecule has 0 aliphatic heterocycles. The van der Waals surface area contributed by atoms with Gasteiger partial charge >= 0.3 is 194 Å². The van der Waals surface area contributed by atoms with E-state index in [4.69, 9.17) is 4.74 Å². The molecule has 0 saturated carbocycles. The number of hydrogen-bond donors (Lipinski definition) is 0. The van der Waals surface area contributed by atoms with Crippen molar-refractivity contribution in [2.24, 2.45) is 0 Å². The maximum absolute atomic E-state index is 13.6. The normalized spacial score (nSPS) is 15.7. The fourth-order valence-corrected chi connectivity index (χ4v) is 6.20. The van der Waals surface area contributed by atoms with Crippen LogP contribution in [-0.2, 0) is 14.9 Å². The predicted octanol–water partition coefficient (Wildman–Crippen LogP) is 3.86. The molecule has 8 heteroatoms. The van der Waals surface area contributed by atoms with Gasteiger partial charge in [0.2, 0.25) is 0 Å². The number of benzene rings is 3. The fourth-order valence-electron chi connectivity index (χ4n) is 3.92. The number of Topliss-reactive ketones (excluding diaryl/α,β-unsaturated/α-hetero) is 2. The summed E-state index contributed by atoms with van der Waals surface area (Å²) in [6.45, 7) is 0. The monoisotopic (exact) mass is 518 g/mol. The maximum atomic E-state index is 13.6. The second kappa shape index (κ2) is 8.96. The summed E-state index contributed by atoms with van der Waals surface area (Å²) in [6, 6.07) is 23.1. The van der Waals surface area contributed by atoms with Gasteiger partial charge in [0.25, 0.3) is 0 Å². The average molecular weight is 517 g/mol. The number of rotatable bonds is 6. The van der Waals surface area contributed by atoms with Gasteiger partial charge in [0.1, 0.15) is 0 Å². The Kier molecular flexibility index (Phi) is 6.23. The van der Waals surface area contributed by atoms with E-state index in [1.807, 2.05) is 0 Å². The number of alkyl halides is 3. The summed E-state index contributed by atoms with van der Waals surface area (Å²) in [4.78, 5) is 39.0. The Labute approximate surface area is 193 Å². The second-order valence-corrected chi connectivity index (χ2v) is 10.0. The van der Waals surface area contributed by atoms with Crippen LogP contribution in [0.1, 0.15) is 32.7 Å². The molecule has 1 atom stereocenters. The summed E-state index contributed by atoms with van der Waals surface area (Å²) >= 11 is -0.792. The van der Waals surface area contributed by atoms with E-state index in [1.54, 1.807) is 72.8 Å². The molecule has 0 amide bonds. The molecule has 168 valence electrons. The van der Waals surface area contributed by atoms with Gasteiger partial charge in [-0.25, -0.2) is 0 Å². The van der Waals surface area contributed by atoms with Crippen LogP contribution in [0.25, 0.3) is 0 Å². The van der Waals surface area contributed by atoms with Crippen molar-refractivity contribution in [2.75, 3.05) is 0 Å². The molecule has 3 aromatic carbocycles. The number of fused-ring (bicyclic) bond motifs is 1. The summed E-state index contributed by atoms with van der Waals surface area (Å²) in [5.41, 5.74) is -1.01. The van der Waals surface area contributed by atoms with Gasteiger partial charge in [-0.2, -0.15) is 0 Å². The van der Waals surface area contributed by atoms with Crippen molar-refractivity contribution < 1.29 is 32.3 Å². The van der Waals surface area contributed by atoms with Gasteiger partial charge in [-0.05, 0) is 0 Å². The molecule has 3 aromatic rings. The molecule has 0 fully saturated rings. The Bertz CT molecular complexity index is 1160. The van der Waals surface area contributed by atoms with E-state index < -0.39 is 49.1 Å². The number of ketones is 2. The summed E-state index contributed by atoms with van der Waals surface area (Å²) < 4.78 is 44.7. The Hall–Kier alpha value is -3.22. The van der Waals surface area contributed by atoms with Crippen LogP contribution in [0.5, 0.6) is 0 Å². The standard InChI is InChI=1S/C25H17F3O4Se/c26-25(27,28)23(31)32-20(33-17-11-5-2-6-12-17)15-24(16-9-3-1-4-10-16)21(29)18-13-7-8-14-19(18)22(24)30/h1-14,20H,15H2. The minimum atomic E-state index is -5.20. The predicted molar refractivity (Wildman–Crippen MR) is 116 cm³/mol. The molecule has 4 nitrogen and oxygen atoms in total. The molecule has 0 saturated heterocycles. The zero-order valence-electron chi connectivity index (χ0n) is 17.0. The van der Waals surface area contributed by atoms with Gasteiger partial charge in [0.05, 0.1) is 0 Å². The Balaban J connectivity index is 1.80. The van der Waals surface area contributed by atoms with Crippen LogP contribution in [0.15, 0.2) is 84.9 Å². The van der Waals surface area contributed by atoms with E-state index in [0.29, 0.717) is 10.0 Å². The van der Waals surface area contributed by atoms with Crippen LogP contribution >= 0.6 is 0 Å². The third kappa shape index (κ3) is 4.36. The van der Waals surface area contributed by atoms with Gasteiger partial charge in [0.15, 0.2) is 0 Å². The van der Waals surface area contributed by atoms with E-state index in [-0.39, 0.29) is 17.5 Å². The average Bonchev–Trinajstić information content (AvgIpc) is 3.02. The van der Waals surface area contributed by atoms with Crippen molar-refractivity contribution in [1.82, 2.24) is 0 Å². The van der Waals surface area contributed by atoms with Crippen LogP contribution in [0.3, 0.4) is 0 Å². The molecule has 0 aromatic heterocycles. The van der Waals surface area contributed by atoms with Gasteiger partial charge in [-0.1, -0.05) is 0 Å². The van der Waals surface area contributed by atoms with E-state index in [1.165, 1.54) is 12.1 Å². The molecule has 0 N–H and O–H groups in total. The minimum absolute atomic E-state index is 0.208. The van der Waals surface area contributed by atoms with Crippen molar-refractivity contribution in [3.8, 4) is 0 Å². The molecule has 1 aliphatic carbocycles. The molecule has 33 heavy (non-hydrogen) atoms. The van der Waals surface area contributed by atoms with Gasteiger partial charge in [0, 0.05) is 0 Å². The zero-order chi connectivity index (χ0) is 23.6. The topological polar surface area (TPSA) is 60.4 Å². The number of halogens is 3. The molecule has 4 rings (SSSR count). The van der Waals surface area contributed by atoms with Crippen molar-refractivity contribution in [3.63, 3.8) is 0 Å². The molecule has 0 radical (unpaired) electrons. The molecule has 0 bridgehead atoms. The van der Waals surface area contributed by atoms with E-state index in [9.17, 15) is 27.6 Å². The second-order valence-electron chi connectivity index (χ2n) is 7.44. The fraction of sp³-hybridized carbons (Fsp3) is 0.160. The third-order valence-electron chi connectivity index (χ3n) is 5.41. The summed E-state index contributed by atoms with van der Waals surface area (Å²) in [6.07, 6.45) is -5.59. The summed E-state index contributed by atoms with van der Waals surface area (Å²) in [7, 11) is 0. The van der Waals surface area contributed by atoms with Crippen molar-refractivity contribution in [3.05, 3.63) is 102 Å². The molecule has 1 unspecified atom stereocenters. The Morgan fingerprint density at radius 1 is 0.818 bits per heavy atom. The number of esters is 1. The first-order valence-electron chi connectivity index (χ1n) is 9.97. The molecule has 0 spiro atoms. The number of ether oxygens (including phenoxy) is 1. The number of hydrogen-bond acceptors (Lipinski definition) is 4. The van der Waals surface area contributed by atoms with Crippen molar-refractivity contribution in [2.45, 2.75) is 23.0 Å². The molecule has 0 heterocycles. The zero-order valence-corrected chi connectivity index (χ0v) is 18.8. The number of carbonyl (C=O) groups excluding carboxylic acids is 3.